The maximum absolute atomic E-state index is 6.21. The third kappa shape index (κ3) is 3.03. The van der Waals surface area contributed by atoms with Gasteiger partial charge in [-0.3, -0.25) is 0 Å². The Bertz CT molecular complexity index is 679. The lowest BCUT2D eigenvalue weighted by Crippen LogP contribution is -2.05. The van der Waals surface area contributed by atoms with E-state index in [1.54, 1.807) is 12.1 Å². The summed E-state index contributed by atoms with van der Waals surface area (Å²) in [6.07, 6.45) is 2.86. The van der Waals surface area contributed by atoms with Crippen LogP contribution in [0.15, 0.2) is 28.8 Å². The molecule has 0 atom stereocenters. The zero-order chi connectivity index (χ0) is 14.8. The monoisotopic (exact) mass is 306 g/mol. The molecular weight excluding hydrogens is 292 g/mol. The van der Waals surface area contributed by atoms with Gasteiger partial charge in [0.1, 0.15) is 5.75 Å². The summed E-state index contributed by atoms with van der Waals surface area (Å²) >= 11 is 6.21. The van der Waals surface area contributed by atoms with Crippen LogP contribution in [0, 0.1) is 0 Å². The molecule has 0 fully saturated rings. The summed E-state index contributed by atoms with van der Waals surface area (Å²) in [6.45, 7) is 4.55. The van der Waals surface area contributed by atoms with Crippen LogP contribution >= 0.6 is 11.6 Å². The first-order valence-electron chi connectivity index (χ1n) is 6.77. The fourth-order valence-corrected chi connectivity index (χ4v) is 2.22. The van der Waals surface area contributed by atoms with Gasteiger partial charge in [0.25, 0.3) is 5.89 Å². The fraction of sp³-hybridized carbons (Fsp3) is 0.333. The largest absolute Gasteiger partial charge is 0.489 e. The van der Waals surface area contributed by atoms with E-state index in [4.69, 9.17) is 25.6 Å². The molecule has 0 aliphatic carbocycles. The van der Waals surface area contributed by atoms with Gasteiger partial charge in [-0.15, -0.1) is 0 Å². The van der Waals surface area contributed by atoms with Crippen molar-refractivity contribution in [2.45, 2.75) is 26.4 Å². The van der Waals surface area contributed by atoms with Crippen LogP contribution in [0.5, 0.6) is 5.75 Å². The normalized spacial score (nSPS) is 14.2. The van der Waals surface area contributed by atoms with E-state index < -0.39 is 0 Å². The maximum Gasteiger partial charge on any atom is 0.292 e. The Kier molecular flexibility index (Phi) is 3.84. The van der Waals surface area contributed by atoms with Gasteiger partial charge in [0, 0.05) is 12.0 Å². The van der Waals surface area contributed by atoms with E-state index in [1.165, 1.54) is 0 Å². The Morgan fingerprint density at radius 3 is 2.86 bits per heavy atom. The summed E-state index contributed by atoms with van der Waals surface area (Å²) in [6, 6.07) is 5.42. The lowest BCUT2D eigenvalue weighted by Gasteiger charge is -2.11. The minimum Gasteiger partial charge on any atom is -0.489 e. The lowest BCUT2D eigenvalue weighted by molar-refractivity contribution is 0.242. The summed E-state index contributed by atoms with van der Waals surface area (Å²) in [5.41, 5.74) is 0.768. The standard InChI is InChI=1S/C15H15ClN2O3/c1-9(2)20-12-6-5-10(8-11(12)16)14-17-15(21-18-14)13-4-3-7-19-13/h4-6,8-9H,3,7H2,1-2H3. The highest BCUT2D eigenvalue weighted by molar-refractivity contribution is 6.32. The lowest BCUT2D eigenvalue weighted by atomic mass is 10.2. The average molecular weight is 307 g/mol. The van der Waals surface area contributed by atoms with Crippen molar-refractivity contribution in [1.82, 2.24) is 10.1 Å². The second-order valence-electron chi connectivity index (χ2n) is 4.94. The highest BCUT2D eigenvalue weighted by atomic mass is 35.5. The Labute approximate surface area is 127 Å². The van der Waals surface area contributed by atoms with Crippen LogP contribution in [-0.2, 0) is 4.74 Å². The molecular formula is C15H15ClN2O3. The number of rotatable bonds is 4. The second kappa shape index (κ2) is 5.77. The predicted molar refractivity (Wildman–Crippen MR) is 79.1 cm³/mol. The van der Waals surface area contributed by atoms with Crippen LogP contribution in [0.3, 0.4) is 0 Å². The molecule has 1 aromatic heterocycles. The summed E-state index contributed by atoms with van der Waals surface area (Å²) in [4.78, 5) is 4.32. The third-order valence-corrected chi connectivity index (χ3v) is 3.19. The quantitative estimate of drug-likeness (QED) is 0.856. The zero-order valence-corrected chi connectivity index (χ0v) is 12.6. The number of ether oxygens (including phenoxy) is 2. The van der Waals surface area contributed by atoms with Gasteiger partial charge in [0.05, 0.1) is 17.7 Å². The minimum atomic E-state index is 0.0663. The van der Waals surface area contributed by atoms with Crippen LogP contribution in [0.2, 0.25) is 5.02 Å². The van der Waals surface area contributed by atoms with E-state index in [1.807, 2.05) is 26.0 Å². The minimum absolute atomic E-state index is 0.0663. The van der Waals surface area contributed by atoms with E-state index in [9.17, 15) is 0 Å². The molecule has 2 aromatic rings. The first kappa shape index (κ1) is 13.9. The highest BCUT2D eigenvalue weighted by Crippen LogP contribution is 2.30. The van der Waals surface area contributed by atoms with Crippen molar-refractivity contribution in [3.05, 3.63) is 35.2 Å². The summed E-state index contributed by atoms with van der Waals surface area (Å²) < 4.78 is 16.2. The third-order valence-electron chi connectivity index (χ3n) is 2.89. The zero-order valence-electron chi connectivity index (χ0n) is 11.8. The van der Waals surface area contributed by atoms with Crippen molar-refractivity contribution in [3.8, 4) is 17.1 Å². The van der Waals surface area contributed by atoms with Gasteiger partial charge in [0.15, 0.2) is 5.76 Å². The molecule has 6 heteroatoms. The molecule has 5 nitrogen and oxygen atoms in total. The highest BCUT2D eigenvalue weighted by Gasteiger charge is 2.17. The second-order valence-corrected chi connectivity index (χ2v) is 5.35. The van der Waals surface area contributed by atoms with Gasteiger partial charge >= 0.3 is 0 Å². The molecule has 0 N–H and O–H groups in total. The van der Waals surface area contributed by atoms with Crippen LogP contribution in [0.25, 0.3) is 17.1 Å². The van der Waals surface area contributed by atoms with E-state index in [2.05, 4.69) is 10.1 Å². The van der Waals surface area contributed by atoms with Crippen LogP contribution < -0.4 is 4.74 Å². The first-order chi connectivity index (χ1) is 10.1. The van der Waals surface area contributed by atoms with Crippen molar-refractivity contribution in [2.24, 2.45) is 0 Å². The molecule has 2 heterocycles. The van der Waals surface area contributed by atoms with Gasteiger partial charge in [-0.1, -0.05) is 16.8 Å². The van der Waals surface area contributed by atoms with Gasteiger partial charge in [-0.05, 0) is 38.1 Å². The Morgan fingerprint density at radius 1 is 1.33 bits per heavy atom. The molecule has 0 radical (unpaired) electrons. The number of nitrogens with zero attached hydrogens (tertiary/aromatic N) is 2. The van der Waals surface area contributed by atoms with E-state index in [-0.39, 0.29) is 6.10 Å². The summed E-state index contributed by atoms with van der Waals surface area (Å²) in [7, 11) is 0. The molecule has 1 aliphatic rings. The molecule has 0 amide bonds. The molecule has 1 aliphatic heterocycles. The van der Waals surface area contributed by atoms with Gasteiger partial charge < -0.3 is 14.0 Å². The molecule has 3 rings (SSSR count). The fourth-order valence-electron chi connectivity index (χ4n) is 2.00. The average Bonchev–Trinajstić information content (AvgIpc) is 3.10. The molecule has 110 valence electrons. The smallest absolute Gasteiger partial charge is 0.292 e. The van der Waals surface area contributed by atoms with Crippen LogP contribution in [0.1, 0.15) is 26.2 Å². The van der Waals surface area contributed by atoms with Crippen molar-refractivity contribution in [3.63, 3.8) is 0 Å². The van der Waals surface area contributed by atoms with Gasteiger partial charge in [-0.2, -0.15) is 4.98 Å². The van der Waals surface area contributed by atoms with Crippen LogP contribution in [-0.4, -0.2) is 22.9 Å². The van der Waals surface area contributed by atoms with Crippen molar-refractivity contribution >= 4 is 17.4 Å². The van der Waals surface area contributed by atoms with E-state index >= 15 is 0 Å². The molecule has 0 unspecified atom stereocenters. The SMILES string of the molecule is CC(C)Oc1ccc(-c2noc(C3=CCCO3)n2)cc1Cl. The summed E-state index contributed by atoms with van der Waals surface area (Å²) in [5.74, 6) is 2.14. The molecule has 0 bridgehead atoms. The Balaban J connectivity index is 1.85. The number of aromatic nitrogens is 2. The molecule has 0 saturated carbocycles. The predicted octanol–water partition coefficient (Wildman–Crippen LogP) is 3.94. The molecule has 0 spiro atoms. The van der Waals surface area contributed by atoms with Crippen molar-refractivity contribution < 1.29 is 14.0 Å². The van der Waals surface area contributed by atoms with E-state index in [0.717, 1.165) is 12.0 Å². The van der Waals surface area contributed by atoms with Gasteiger partial charge in [0.2, 0.25) is 5.82 Å². The molecule has 0 saturated heterocycles. The number of hydrogen-bond acceptors (Lipinski definition) is 5. The maximum atomic E-state index is 6.21. The molecule has 1 aromatic carbocycles. The van der Waals surface area contributed by atoms with Crippen LogP contribution in [0.4, 0.5) is 0 Å². The number of benzene rings is 1. The van der Waals surface area contributed by atoms with E-state index in [0.29, 0.717) is 34.9 Å². The Hall–Kier alpha value is -2.01. The van der Waals surface area contributed by atoms with Crippen molar-refractivity contribution in [2.75, 3.05) is 6.61 Å². The topological polar surface area (TPSA) is 57.4 Å². The number of hydrogen-bond donors (Lipinski definition) is 0. The number of halogens is 1. The van der Waals surface area contributed by atoms with Crippen molar-refractivity contribution in [1.29, 1.82) is 0 Å². The first-order valence-corrected chi connectivity index (χ1v) is 7.15. The molecule has 21 heavy (non-hydrogen) atoms. The Morgan fingerprint density at radius 2 is 2.19 bits per heavy atom. The van der Waals surface area contributed by atoms with Gasteiger partial charge in [-0.25, -0.2) is 0 Å². The summed E-state index contributed by atoms with van der Waals surface area (Å²) in [5, 5.41) is 4.47.